The molecule has 0 aromatic carbocycles. The Morgan fingerprint density at radius 3 is 2.73 bits per heavy atom. The molecule has 0 saturated heterocycles. The maximum absolute atomic E-state index is 11.8. The van der Waals surface area contributed by atoms with Gasteiger partial charge in [-0.2, -0.15) is 10.5 Å². The van der Waals surface area contributed by atoms with Gasteiger partial charge in [-0.3, -0.25) is 0 Å². The van der Waals surface area contributed by atoms with Crippen LogP contribution in [0.25, 0.3) is 0 Å². The molecule has 5 heteroatoms. The molecule has 15 heavy (non-hydrogen) atoms. The maximum atomic E-state index is 11.8. The minimum absolute atomic E-state index is 0.381. The number of unbranched alkanes of at least 4 members (excludes halogenated alkanes) is 1. The Labute approximate surface area is 96.1 Å². The summed E-state index contributed by atoms with van der Waals surface area (Å²) in [6.45, 7) is 2.03. The van der Waals surface area contributed by atoms with Crippen LogP contribution in [-0.4, -0.2) is 10.3 Å². The van der Waals surface area contributed by atoms with Crippen LogP contribution in [0.15, 0.2) is 10.3 Å². The lowest BCUT2D eigenvalue weighted by Crippen LogP contribution is -2.05. The first-order valence-corrected chi connectivity index (χ1v) is 6.68. The van der Waals surface area contributed by atoms with Crippen LogP contribution in [0, 0.1) is 22.7 Å². The van der Waals surface area contributed by atoms with E-state index in [0.29, 0.717) is 20.4 Å². The summed E-state index contributed by atoms with van der Waals surface area (Å²) in [5.74, 6) is 0.566. The Morgan fingerprint density at radius 2 is 2.20 bits per heavy atom. The van der Waals surface area contributed by atoms with Gasteiger partial charge in [-0.25, -0.2) is 0 Å². The molecule has 1 aromatic rings. The Balaban J connectivity index is 2.88. The van der Waals surface area contributed by atoms with Gasteiger partial charge in [-0.05, 0) is 23.7 Å². The minimum Gasteiger partial charge on any atom is -0.611 e. The SMILES string of the molecule is CCCC[S+]([O-])c1sc(C#N)cc1C#N. The van der Waals surface area contributed by atoms with Crippen molar-refractivity contribution in [2.75, 3.05) is 5.75 Å². The number of nitrogens with zero attached hydrogens (tertiary/aromatic N) is 2. The molecule has 0 spiro atoms. The number of nitriles is 2. The Hall–Kier alpha value is -1.01. The van der Waals surface area contributed by atoms with Crippen LogP contribution in [-0.2, 0) is 11.2 Å². The summed E-state index contributed by atoms with van der Waals surface area (Å²) in [7, 11) is 0. The van der Waals surface area contributed by atoms with E-state index in [9.17, 15) is 4.55 Å². The van der Waals surface area contributed by atoms with E-state index in [1.54, 1.807) is 0 Å². The third-order valence-electron chi connectivity index (χ3n) is 1.82. The fourth-order valence-electron chi connectivity index (χ4n) is 1.04. The van der Waals surface area contributed by atoms with Crippen molar-refractivity contribution in [2.24, 2.45) is 0 Å². The predicted octanol–water partition coefficient (Wildman–Crippen LogP) is 2.40. The molecule has 0 fully saturated rings. The molecule has 3 nitrogen and oxygen atoms in total. The van der Waals surface area contributed by atoms with Crippen molar-refractivity contribution in [3.05, 3.63) is 16.5 Å². The molecule has 0 radical (unpaired) electrons. The monoisotopic (exact) mass is 238 g/mol. The van der Waals surface area contributed by atoms with Crippen molar-refractivity contribution in [3.8, 4) is 12.1 Å². The van der Waals surface area contributed by atoms with Gasteiger partial charge < -0.3 is 4.55 Å². The molecule has 0 bridgehead atoms. The lowest BCUT2D eigenvalue weighted by Gasteiger charge is -2.06. The molecular weight excluding hydrogens is 228 g/mol. The second-order valence-corrected chi connectivity index (χ2v) is 5.76. The highest BCUT2D eigenvalue weighted by molar-refractivity contribution is 7.93. The summed E-state index contributed by atoms with van der Waals surface area (Å²) in [6, 6.07) is 5.44. The summed E-state index contributed by atoms with van der Waals surface area (Å²) in [6.07, 6.45) is 1.85. The first-order chi connectivity index (χ1) is 7.22. The lowest BCUT2D eigenvalue weighted by molar-refractivity contribution is 0.593. The fraction of sp³-hybridized carbons (Fsp3) is 0.400. The quantitative estimate of drug-likeness (QED) is 0.756. The second kappa shape index (κ2) is 5.77. The van der Waals surface area contributed by atoms with Crippen molar-refractivity contribution >= 4 is 22.5 Å². The average Bonchev–Trinajstić information content (AvgIpc) is 2.69. The number of rotatable bonds is 4. The molecule has 0 saturated carbocycles. The molecule has 0 N–H and O–H groups in total. The van der Waals surface area contributed by atoms with Gasteiger partial charge in [0.25, 0.3) is 0 Å². The second-order valence-electron chi connectivity index (χ2n) is 2.94. The van der Waals surface area contributed by atoms with E-state index >= 15 is 0 Å². The van der Waals surface area contributed by atoms with Gasteiger partial charge in [-0.15, -0.1) is 0 Å². The van der Waals surface area contributed by atoms with Gasteiger partial charge in [0.1, 0.15) is 28.3 Å². The van der Waals surface area contributed by atoms with Crippen molar-refractivity contribution < 1.29 is 4.55 Å². The third-order valence-corrected chi connectivity index (χ3v) is 4.75. The van der Waals surface area contributed by atoms with E-state index in [2.05, 4.69) is 0 Å². The average molecular weight is 238 g/mol. The lowest BCUT2D eigenvalue weighted by atomic mass is 10.3. The minimum atomic E-state index is -1.13. The smallest absolute Gasteiger partial charge is 0.225 e. The van der Waals surface area contributed by atoms with E-state index in [1.165, 1.54) is 6.07 Å². The van der Waals surface area contributed by atoms with Gasteiger partial charge in [-0.1, -0.05) is 24.7 Å². The molecule has 1 heterocycles. The van der Waals surface area contributed by atoms with Gasteiger partial charge >= 0.3 is 0 Å². The normalized spacial score (nSPS) is 11.7. The Bertz CT molecular complexity index is 414. The van der Waals surface area contributed by atoms with Gasteiger partial charge in [0.2, 0.25) is 4.21 Å². The highest BCUT2D eigenvalue weighted by atomic mass is 32.2. The van der Waals surface area contributed by atoms with E-state index in [-0.39, 0.29) is 0 Å². The topological polar surface area (TPSA) is 70.6 Å². The highest BCUT2D eigenvalue weighted by Crippen LogP contribution is 2.27. The van der Waals surface area contributed by atoms with Crippen LogP contribution in [0.5, 0.6) is 0 Å². The fourth-order valence-corrected chi connectivity index (χ4v) is 3.66. The van der Waals surface area contributed by atoms with E-state index < -0.39 is 11.2 Å². The van der Waals surface area contributed by atoms with E-state index in [4.69, 9.17) is 10.5 Å². The van der Waals surface area contributed by atoms with Gasteiger partial charge in [0, 0.05) is 0 Å². The zero-order valence-electron chi connectivity index (χ0n) is 8.32. The summed E-state index contributed by atoms with van der Waals surface area (Å²) in [5, 5.41) is 17.5. The number of hydrogen-bond acceptors (Lipinski definition) is 4. The van der Waals surface area contributed by atoms with Crippen molar-refractivity contribution in [3.63, 3.8) is 0 Å². The molecule has 1 aromatic heterocycles. The zero-order chi connectivity index (χ0) is 11.3. The van der Waals surface area contributed by atoms with Crippen LogP contribution in [0.2, 0.25) is 0 Å². The van der Waals surface area contributed by atoms with Crippen molar-refractivity contribution in [1.82, 2.24) is 0 Å². The maximum Gasteiger partial charge on any atom is 0.225 e. The summed E-state index contributed by atoms with van der Waals surface area (Å²) < 4.78 is 12.3. The molecule has 1 rings (SSSR count). The summed E-state index contributed by atoms with van der Waals surface area (Å²) in [5.41, 5.74) is 0.381. The summed E-state index contributed by atoms with van der Waals surface area (Å²) >= 11 is 0.0283. The zero-order valence-corrected chi connectivity index (χ0v) is 9.95. The van der Waals surface area contributed by atoms with Crippen molar-refractivity contribution in [1.29, 1.82) is 10.5 Å². The molecule has 78 valence electrons. The molecular formula is C10H10N2OS2. The van der Waals surface area contributed by atoms with E-state index in [1.807, 2.05) is 19.1 Å². The van der Waals surface area contributed by atoms with Crippen LogP contribution in [0.1, 0.15) is 30.2 Å². The largest absolute Gasteiger partial charge is 0.611 e. The van der Waals surface area contributed by atoms with E-state index in [0.717, 1.165) is 24.2 Å². The summed E-state index contributed by atoms with van der Waals surface area (Å²) in [4.78, 5) is 0.450. The van der Waals surface area contributed by atoms with Crippen LogP contribution < -0.4 is 0 Å². The molecule has 0 amide bonds. The van der Waals surface area contributed by atoms with Gasteiger partial charge in [0.15, 0.2) is 0 Å². The third kappa shape index (κ3) is 2.97. The number of hydrogen-bond donors (Lipinski definition) is 0. The Kier molecular flexibility index (Phi) is 4.64. The van der Waals surface area contributed by atoms with Gasteiger partial charge in [0.05, 0.1) is 0 Å². The molecule has 0 aliphatic carbocycles. The highest BCUT2D eigenvalue weighted by Gasteiger charge is 2.20. The first kappa shape index (κ1) is 12.1. The molecule has 1 unspecified atom stereocenters. The molecule has 0 aliphatic rings. The number of thiophene rings is 1. The predicted molar refractivity (Wildman–Crippen MR) is 59.9 cm³/mol. The van der Waals surface area contributed by atoms with Crippen LogP contribution in [0.4, 0.5) is 0 Å². The first-order valence-electron chi connectivity index (χ1n) is 4.55. The Morgan fingerprint density at radius 1 is 1.47 bits per heavy atom. The standard InChI is InChI=1S/C10H10N2OS2/c1-2-3-4-15(13)10-8(6-11)5-9(7-12)14-10/h5H,2-4H2,1H3. The van der Waals surface area contributed by atoms with Crippen LogP contribution >= 0.6 is 11.3 Å². The molecule has 1 atom stereocenters. The molecule has 0 aliphatic heterocycles. The van der Waals surface area contributed by atoms with Crippen LogP contribution in [0.3, 0.4) is 0 Å². The van der Waals surface area contributed by atoms with Crippen molar-refractivity contribution in [2.45, 2.75) is 24.0 Å².